The highest BCUT2D eigenvalue weighted by molar-refractivity contribution is 5.03. The normalized spacial score (nSPS) is 13.9. The molecule has 2 nitrogen and oxygen atoms in total. The molecular weight excluding hydrogens is 184 g/mol. The molecule has 0 radical (unpaired) electrons. The molecule has 0 rings (SSSR count). The molecule has 0 aliphatic rings. The summed E-state index contributed by atoms with van der Waals surface area (Å²) >= 11 is 0. The van der Waals surface area contributed by atoms with Gasteiger partial charge >= 0.3 is 0 Å². The Morgan fingerprint density at radius 1 is 1.27 bits per heavy atom. The molecule has 0 spiro atoms. The van der Waals surface area contributed by atoms with E-state index in [4.69, 9.17) is 6.42 Å². The maximum atomic E-state index is 5.46. The minimum atomic E-state index is 0.183. The Hall–Kier alpha value is -0.520. The Balaban J connectivity index is 4.89. The van der Waals surface area contributed by atoms with Gasteiger partial charge in [-0.1, -0.05) is 20.8 Å². The first-order chi connectivity index (χ1) is 7.08. The maximum absolute atomic E-state index is 5.46. The van der Waals surface area contributed by atoms with Crippen molar-refractivity contribution in [3.8, 4) is 12.3 Å². The molecule has 0 aromatic carbocycles. The molecule has 0 heterocycles. The van der Waals surface area contributed by atoms with Crippen LogP contribution in [0, 0.1) is 12.3 Å². The lowest BCUT2D eigenvalue weighted by Crippen LogP contribution is -2.58. The summed E-state index contributed by atoms with van der Waals surface area (Å²) in [6, 6.07) is 0.387. The van der Waals surface area contributed by atoms with Gasteiger partial charge in [0.15, 0.2) is 0 Å². The lowest BCUT2D eigenvalue weighted by Gasteiger charge is -2.45. The number of hydrogen-bond donors (Lipinski definition) is 1. The first-order valence-electron chi connectivity index (χ1n) is 5.93. The molecule has 0 aliphatic heterocycles. The topological polar surface area (TPSA) is 15.3 Å². The fourth-order valence-corrected chi connectivity index (χ4v) is 2.50. The quantitative estimate of drug-likeness (QED) is 0.647. The van der Waals surface area contributed by atoms with E-state index >= 15 is 0 Å². The van der Waals surface area contributed by atoms with Crippen LogP contribution in [-0.4, -0.2) is 37.1 Å². The van der Waals surface area contributed by atoms with Crippen LogP contribution in [0.3, 0.4) is 0 Å². The summed E-state index contributed by atoms with van der Waals surface area (Å²) in [5.41, 5.74) is 0.183. The van der Waals surface area contributed by atoms with E-state index in [2.05, 4.69) is 51.0 Å². The molecule has 0 saturated heterocycles. The number of hydrogen-bond acceptors (Lipinski definition) is 2. The van der Waals surface area contributed by atoms with E-state index in [1.807, 2.05) is 0 Å². The Morgan fingerprint density at radius 2 is 1.80 bits per heavy atom. The van der Waals surface area contributed by atoms with E-state index < -0.39 is 0 Å². The molecule has 0 aromatic rings. The summed E-state index contributed by atoms with van der Waals surface area (Å²) in [5, 5.41) is 3.52. The SMILES string of the molecule is C#CCC(NCC)C(CC)(CC)N(C)C. The lowest BCUT2D eigenvalue weighted by molar-refractivity contribution is 0.0910. The molecule has 0 saturated carbocycles. The fourth-order valence-electron chi connectivity index (χ4n) is 2.50. The molecule has 88 valence electrons. The highest BCUT2D eigenvalue weighted by Crippen LogP contribution is 2.27. The average molecular weight is 210 g/mol. The summed E-state index contributed by atoms with van der Waals surface area (Å²) in [4.78, 5) is 2.32. The molecular formula is C13H26N2. The highest BCUT2D eigenvalue weighted by atomic mass is 15.2. The van der Waals surface area contributed by atoms with Crippen LogP contribution < -0.4 is 5.32 Å². The first-order valence-corrected chi connectivity index (χ1v) is 5.93. The van der Waals surface area contributed by atoms with Gasteiger partial charge in [-0.15, -0.1) is 12.3 Å². The van der Waals surface area contributed by atoms with E-state index in [0.29, 0.717) is 6.04 Å². The van der Waals surface area contributed by atoms with Gasteiger partial charge in [0.05, 0.1) is 0 Å². The first kappa shape index (κ1) is 14.5. The third-order valence-electron chi connectivity index (χ3n) is 3.54. The van der Waals surface area contributed by atoms with Crippen LogP contribution in [0.5, 0.6) is 0 Å². The van der Waals surface area contributed by atoms with Gasteiger partial charge in [-0.25, -0.2) is 0 Å². The number of terminal acetylenes is 1. The third-order valence-corrected chi connectivity index (χ3v) is 3.54. The van der Waals surface area contributed by atoms with Crippen LogP contribution in [0.4, 0.5) is 0 Å². The van der Waals surface area contributed by atoms with Crippen molar-refractivity contribution >= 4 is 0 Å². The summed E-state index contributed by atoms with van der Waals surface area (Å²) in [7, 11) is 4.29. The van der Waals surface area contributed by atoms with E-state index in [0.717, 1.165) is 25.8 Å². The van der Waals surface area contributed by atoms with Crippen molar-refractivity contribution in [3.05, 3.63) is 0 Å². The largest absolute Gasteiger partial charge is 0.312 e. The van der Waals surface area contributed by atoms with Crippen molar-refractivity contribution in [2.75, 3.05) is 20.6 Å². The second kappa shape index (κ2) is 6.87. The maximum Gasteiger partial charge on any atom is 0.0361 e. The lowest BCUT2D eigenvalue weighted by atomic mass is 9.81. The smallest absolute Gasteiger partial charge is 0.0361 e. The molecule has 0 aliphatic carbocycles. The van der Waals surface area contributed by atoms with Crippen LogP contribution in [0.1, 0.15) is 40.0 Å². The molecule has 0 aromatic heterocycles. The Labute approximate surface area is 95.4 Å². The molecule has 0 fully saturated rings. The van der Waals surface area contributed by atoms with Crippen LogP contribution in [0.15, 0.2) is 0 Å². The molecule has 2 heteroatoms. The van der Waals surface area contributed by atoms with Crippen molar-refractivity contribution in [2.45, 2.75) is 51.6 Å². The Kier molecular flexibility index (Phi) is 6.63. The van der Waals surface area contributed by atoms with Gasteiger partial charge in [0.25, 0.3) is 0 Å². The second-order valence-corrected chi connectivity index (χ2v) is 4.22. The number of rotatable bonds is 7. The van der Waals surface area contributed by atoms with Gasteiger partial charge in [-0.3, -0.25) is 0 Å². The number of nitrogens with one attached hydrogen (secondary N) is 1. The zero-order valence-electron chi connectivity index (χ0n) is 10.9. The van der Waals surface area contributed by atoms with Crippen LogP contribution >= 0.6 is 0 Å². The van der Waals surface area contributed by atoms with Crippen molar-refractivity contribution in [3.63, 3.8) is 0 Å². The molecule has 1 atom stereocenters. The minimum absolute atomic E-state index is 0.183. The van der Waals surface area contributed by atoms with Gasteiger partial charge in [0, 0.05) is 18.0 Å². The van der Waals surface area contributed by atoms with E-state index in [-0.39, 0.29) is 5.54 Å². The van der Waals surface area contributed by atoms with E-state index in [9.17, 15) is 0 Å². The van der Waals surface area contributed by atoms with Crippen LogP contribution in [0.2, 0.25) is 0 Å². The minimum Gasteiger partial charge on any atom is -0.312 e. The summed E-state index contributed by atoms with van der Waals surface area (Å²) in [5.74, 6) is 2.79. The fraction of sp³-hybridized carbons (Fsp3) is 0.846. The van der Waals surface area contributed by atoms with E-state index in [1.165, 1.54) is 0 Å². The number of likely N-dealkylation sites (N-methyl/N-ethyl adjacent to an activating group) is 2. The summed E-state index contributed by atoms with van der Waals surface area (Å²) in [6.45, 7) is 7.59. The molecule has 0 bridgehead atoms. The van der Waals surface area contributed by atoms with Crippen molar-refractivity contribution in [1.82, 2.24) is 10.2 Å². The zero-order valence-corrected chi connectivity index (χ0v) is 10.9. The van der Waals surface area contributed by atoms with Gasteiger partial charge in [-0.05, 0) is 33.5 Å². The van der Waals surface area contributed by atoms with Gasteiger partial charge < -0.3 is 10.2 Å². The predicted octanol–water partition coefficient (Wildman–Crippen LogP) is 2.11. The zero-order chi connectivity index (χ0) is 11.9. The average Bonchev–Trinajstić information content (AvgIpc) is 2.20. The summed E-state index contributed by atoms with van der Waals surface area (Å²) in [6.07, 6.45) is 8.50. The molecule has 15 heavy (non-hydrogen) atoms. The Bertz CT molecular complexity index is 199. The van der Waals surface area contributed by atoms with Gasteiger partial charge in [0.2, 0.25) is 0 Å². The van der Waals surface area contributed by atoms with Crippen molar-refractivity contribution < 1.29 is 0 Å². The van der Waals surface area contributed by atoms with Crippen molar-refractivity contribution in [2.24, 2.45) is 0 Å². The monoisotopic (exact) mass is 210 g/mol. The predicted molar refractivity (Wildman–Crippen MR) is 67.9 cm³/mol. The highest BCUT2D eigenvalue weighted by Gasteiger charge is 2.36. The Morgan fingerprint density at radius 3 is 2.07 bits per heavy atom. The number of nitrogens with zero attached hydrogens (tertiary/aromatic N) is 1. The van der Waals surface area contributed by atoms with E-state index in [1.54, 1.807) is 0 Å². The van der Waals surface area contributed by atoms with Crippen molar-refractivity contribution in [1.29, 1.82) is 0 Å². The van der Waals surface area contributed by atoms with Gasteiger partial charge in [0.1, 0.15) is 0 Å². The third kappa shape index (κ3) is 3.22. The summed E-state index contributed by atoms with van der Waals surface area (Å²) < 4.78 is 0. The molecule has 1 unspecified atom stereocenters. The molecule has 0 amide bonds. The van der Waals surface area contributed by atoms with Crippen LogP contribution in [-0.2, 0) is 0 Å². The standard InChI is InChI=1S/C13H26N2/c1-7-11-12(14-10-4)13(8-2,9-3)15(5)6/h1,12,14H,8-11H2,2-6H3. The van der Waals surface area contributed by atoms with Gasteiger partial charge in [-0.2, -0.15) is 0 Å². The molecule has 1 N–H and O–H groups in total. The van der Waals surface area contributed by atoms with Crippen LogP contribution in [0.25, 0.3) is 0 Å². The second-order valence-electron chi connectivity index (χ2n) is 4.22.